The Labute approximate surface area is 175 Å². The highest BCUT2D eigenvalue weighted by atomic mass is 32.2. The highest BCUT2D eigenvalue weighted by molar-refractivity contribution is 7.92. The zero-order valence-corrected chi connectivity index (χ0v) is 17.7. The maximum Gasteiger partial charge on any atom is 0.272 e. The molecule has 154 valence electrons. The minimum absolute atomic E-state index is 0.00228. The molecule has 1 fully saturated rings. The summed E-state index contributed by atoms with van der Waals surface area (Å²) in [5.74, 6) is -1.34. The van der Waals surface area contributed by atoms with Crippen LogP contribution in [0.5, 0.6) is 0 Å². The van der Waals surface area contributed by atoms with Gasteiger partial charge in [-0.15, -0.1) is 0 Å². The van der Waals surface area contributed by atoms with Gasteiger partial charge in [-0.3, -0.25) is 9.59 Å². The van der Waals surface area contributed by atoms with Gasteiger partial charge in [-0.2, -0.15) is 5.26 Å². The lowest BCUT2D eigenvalue weighted by molar-refractivity contribution is -0.150. The van der Waals surface area contributed by atoms with E-state index >= 15 is 0 Å². The number of rotatable bonds is 4. The number of nitriles is 1. The Morgan fingerprint density at radius 2 is 1.63 bits per heavy atom. The molecule has 1 saturated heterocycles. The number of carbonyl (C=O) groups excluding carboxylic acids is 2. The Kier molecular flexibility index (Phi) is 5.51. The van der Waals surface area contributed by atoms with Gasteiger partial charge < -0.3 is 9.80 Å². The number of piperazine rings is 1. The van der Waals surface area contributed by atoms with Crippen LogP contribution in [0.1, 0.15) is 16.7 Å². The Balaban J connectivity index is 2.15. The fraction of sp³-hybridized carbons (Fsp3) is 0.227. The third-order valence-electron chi connectivity index (χ3n) is 5.34. The van der Waals surface area contributed by atoms with Crippen molar-refractivity contribution in [1.82, 2.24) is 9.80 Å². The van der Waals surface area contributed by atoms with Crippen molar-refractivity contribution in [3.63, 3.8) is 0 Å². The van der Waals surface area contributed by atoms with Crippen molar-refractivity contribution in [3.05, 3.63) is 77.0 Å². The lowest BCUT2D eigenvalue weighted by Gasteiger charge is -2.46. The number of nitrogens with zero attached hydrogens (tertiary/aromatic N) is 3. The van der Waals surface area contributed by atoms with Gasteiger partial charge >= 0.3 is 0 Å². The Morgan fingerprint density at radius 3 is 2.23 bits per heavy atom. The van der Waals surface area contributed by atoms with E-state index in [2.05, 4.69) is 0 Å². The van der Waals surface area contributed by atoms with Gasteiger partial charge in [-0.25, -0.2) is 8.42 Å². The fourth-order valence-corrected chi connectivity index (χ4v) is 5.09. The normalized spacial score (nSPS) is 21.1. The van der Waals surface area contributed by atoms with E-state index in [9.17, 15) is 23.3 Å². The van der Waals surface area contributed by atoms with Crippen LogP contribution in [-0.4, -0.2) is 55.3 Å². The third-order valence-corrected chi connectivity index (χ3v) is 7.16. The molecule has 1 atom stereocenters. The lowest BCUT2D eigenvalue weighted by atomic mass is 9.98. The summed E-state index contributed by atoms with van der Waals surface area (Å²) in [7, 11) is -1.33. The van der Waals surface area contributed by atoms with Crippen LogP contribution in [0.2, 0.25) is 0 Å². The first-order valence-corrected chi connectivity index (χ1v) is 11.0. The van der Waals surface area contributed by atoms with Crippen LogP contribution in [0.15, 0.2) is 60.3 Å². The van der Waals surface area contributed by atoms with Crippen molar-refractivity contribution in [3.8, 4) is 6.07 Å². The van der Waals surface area contributed by atoms with Gasteiger partial charge in [0.2, 0.25) is 4.87 Å². The van der Waals surface area contributed by atoms with Crippen molar-refractivity contribution in [2.75, 3.05) is 20.4 Å². The SMILES string of the molecule is CN1C(=O)C(Cc2ccccc2)(S(C)(=O)=O)N(C)C(=O)C1=Cc1ccccc1C#N. The lowest BCUT2D eigenvalue weighted by Crippen LogP contribution is -2.69. The van der Waals surface area contributed by atoms with Gasteiger partial charge in [0.15, 0.2) is 9.84 Å². The molecule has 2 aromatic carbocycles. The van der Waals surface area contributed by atoms with E-state index in [1.807, 2.05) is 6.07 Å². The highest BCUT2D eigenvalue weighted by Crippen LogP contribution is 2.35. The van der Waals surface area contributed by atoms with Gasteiger partial charge in [0.05, 0.1) is 11.6 Å². The monoisotopic (exact) mass is 423 g/mol. The second-order valence-corrected chi connectivity index (χ2v) is 9.40. The summed E-state index contributed by atoms with van der Waals surface area (Å²) in [6.45, 7) is 0. The summed E-state index contributed by atoms with van der Waals surface area (Å²) in [6.07, 6.45) is 2.23. The predicted molar refractivity (Wildman–Crippen MR) is 112 cm³/mol. The number of hydrogen-bond donors (Lipinski definition) is 0. The van der Waals surface area contributed by atoms with E-state index in [1.54, 1.807) is 54.6 Å². The number of likely N-dealkylation sites (N-methyl/N-ethyl adjacent to an activating group) is 2. The zero-order valence-electron chi connectivity index (χ0n) is 16.9. The largest absolute Gasteiger partial charge is 0.313 e. The van der Waals surface area contributed by atoms with Crippen LogP contribution in [0.4, 0.5) is 0 Å². The van der Waals surface area contributed by atoms with Crippen molar-refractivity contribution in [2.24, 2.45) is 0 Å². The predicted octanol–water partition coefficient (Wildman–Crippen LogP) is 1.81. The Bertz CT molecular complexity index is 1180. The minimum Gasteiger partial charge on any atom is -0.313 e. The smallest absolute Gasteiger partial charge is 0.272 e. The average Bonchev–Trinajstić information content (AvgIpc) is 2.73. The van der Waals surface area contributed by atoms with Crippen molar-refractivity contribution in [1.29, 1.82) is 5.26 Å². The summed E-state index contributed by atoms with van der Waals surface area (Å²) >= 11 is 0. The van der Waals surface area contributed by atoms with E-state index in [0.717, 1.165) is 16.1 Å². The molecule has 0 N–H and O–H groups in total. The molecule has 0 aliphatic carbocycles. The number of carbonyl (C=O) groups is 2. The first-order chi connectivity index (χ1) is 14.1. The van der Waals surface area contributed by atoms with E-state index in [1.165, 1.54) is 20.2 Å². The van der Waals surface area contributed by atoms with Gasteiger partial charge in [0.25, 0.3) is 11.8 Å². The third kappa shape index (κ3) is 3.37. The summed E-state index contributed by atoms with van der Waals surface area (Å²) in [5, 5.41) is 9.30. The molecule has 2 aromatic rings. The molecule has 0 aromatic heterocycles. The van der Waals surface area contributed by atoms with E-state index in [-0.39, 0.29) is 12.1 Å². The Morgan fingerprint density at radius 1 is 1.03 bits per heavy atom. The second kappa shape index (κ2) is 7.76. The molecule has 0 bridgehead atoms. The second-order valence-electron chi connectivity index (χ2n) is 7.18. The van der Waals surface area contributed by atoms with Gasteiger partial charge in [0.1, 0.15) is 5.70 Å². The molecule has 8 heteroatoms. The Hall–Kier alpha value is -3.44. The molecule has 3 rings (SSSR count). The fourth-order valence-electron chi connectivity index (χ4n) is 3.63. The molecule has 7 nitrogen and oxygen atoms in total. The topological polar surface area (TPSA) is 98.6 Å². The summed E-state index contributed by atoms with van der Waals surface area (Å²) in [4.78, 5) is 26.7. The number of hydrogen-bond acceptors (Lipinski definition) is 5. The van der Waals surface area contributed by atoms with Gasteiger partial charge in [-0.05, 0) is 23.3 Å². The first kappa shape index (κ1) is 21.3. The molecule has 1 aliphatic rings. The zero-order chi connectivity index (χ0) is 22.1. The molecule has 2 amide bonds. The van der Waals surface area contributed by atoms with E-state index in [0.29, 0.717) is 16.7 Å². The van der Waals surface area contributed by atoms with E-state index in [4.69, 9.17) is 0 Å². The maximum absolute atomic E-state index is 13.5. The molecule has 0 saturated carbocycles. The van der Waals surface area contributed by atoms with E-state index < -0.39 is 26.5 Å². The van der Waals surface area contributed by atoms with Crippen molar-refractivity contribution < 1.29 is 18.0 Å². The molecule has 1 aliphatic heterocycles. The van der Waals surface area contributed by atoms with Crippen LogP contribution < -0.4 is 0 Å². The molecular weight excluding hydrogens is 402 g/mol. The summed E-state index contributed by atoms with van der Waals surface area (Å²) in [5.41, 5.74) is 1.42. The van der Waals surface area contributed by atoms with Gasteiger partial charge in [0, 0.05) is 26.8 Å². The van der Waals surface area contributed by atoms with Crippen LogP contribution in [0.25, 0.3) is 6.08 Å². The molecule has 1 heterocycles. The van der Waals surface area contributed by atoms with Crippen LogP contribution in [0.3, 0.4) is 0 Å². The molecule has 0 radical (unpaired) electrons. The quantitative estimate of drug-likeness (QED) is 0.699. The van der Waals surface area contributed by atoms with Gasteiger partial charge in [-0.1, -0.05) is 48.5 Å². The average molecular weight is 423 g/mol. The first-order valence-electron chi connectivity index (χ1n) is 9.14. The molecule has 30 heavy (non-hydrogen) atoms. The van der Waals surface area contributed by atoms with Crippen LogP contribution >= 0.6 is 0 Å². The van der Waals surface area contributed by atoms with Crippen LogP contribution in [0, 0.1) is 11.3 Å². The molecule has 0 spiro atoms. The molecular formula is C22H21N3O4S. The molecule has 1 unspecified atom stereocenters. The maximum atomic E-state index is 13.5. The number of benzene rings is 2. The number of amides is 2. The summed E-state index contributed by atoms with van der Waals surface area (Å²) in [6, 6.07) is 17.4. The minimum atomic E-state index is -4.02. The van der Waals surface area contributed by atoms with Crippen molar-refractivity contribution >= 4 is 27.7 Å². The standard InChI is InChI=1S/C22H21N3O4S/c1-24-19(13-17-11-7-8-12-18(17)15-23)20(26)25(2)22(21(24)27,30(3,28)29)14-16-9-5-4-6-10-16/h4-13H,14H2,1-3H3. The van der Waals surface area contributed by atoms with Crippen molar-refractivity contribution in [2.45, 2.75) is 11.3 Å². The number of sulfone groups is 1. The van der Waals surface area contributed by atoms with Crippen LogP contribution in [-0.2, 0) is 25.8 Å². The highest BCUT2D eigenvalue weighted by Gasteiger charge is 2.59. The summed E-state index contributed by atoms with van der Waals surface area (Å²) < 4.78 is 25.8.